The molecule has 1 aromatic heterocycles. The lowest BCUT2D eigenvalue weighted by Gasteiger charge is -2.23. The molecule has 5 nitrogen and oxygen atoms in total. The van der Waals surface area contributed by atoms with E-state index in [1.165, 1.54) is 42.5 Å². The van der Waals surface area contributed by atoms with Gasteiger partial charge in [-0.1, -0.05) is 30.3 Å². The van der Waals surface area contributed by atoms with E-state index in [1.54, 1.807) is 0 Å². The van der Waals surface area contributed by atoms with E-state index in [9.17, 15) is 31.5 Å². The third kappa shape index (κ3) is 4.94. The van der Waals surface area contributed by atoms with E-state index >= 15 is 0 Å². The Kier molecular flexibility index (Phi) is 6.57. The van der Waals surface area contributed by atoms with Crippen LogP contribution in [-0.2, 0) is 6.18 Å². The number of hydrogen-bond donors (Lipinski definition) is 1. The number of anilines is 2. The zero-order chi connectivity index (χ0) is 26.3. The number of amides is 2. The van der Waals surface area contributed by atoms with E-state index < -0.39 is 47.0 Å². The van der Waals surface area contributed by atoms with Crippen molar-refractivity contribution in [2.24, 2.45) is 0 Å². The van der Waals surface area contributed by atoms with E-state index in [4.69, 9.17) is 11.6 Å². The fourth-order valence-corrected chi connectivity index (χ4v) is 3.95. The second kappa shape index (κ2) is 9.34. The Morgan fingerprint density at radius 1 is 1.08 bits per heavy atom. The largest absolute Gasteiger partial charge is 0.417 e. The quantitative estimate of drug-likeness (QED) is 0.390. The van der Waals surface area contributed by atoms with Crippen LogP contribution in [0.25, 0.3) is 5.57 Å². The van der Waals surface area contributed by atoms with Gasteiger partial charge >= 0.3 is 6.18 Å². The summed E-state index contributed by atoms with van der Waals surface area (Å²) in [5, 5.41) is 2.47. The number of rotatable bonds is 3. The van der Waals surface area contributed by atoms with E-state index in [0.29, 0.717) is 0 Å². The second-order valence-electron chi connectivity index (χ2n) is 7.98. The average molecular weight is 522 g/mol. The van der Waals surface area contributed by atoms with E-state index in [-0.39, 0.29) is 34.2 Å². The van der Waals surface area contributed by atoms with Crippen molar-refractivity contribution >= 4 is 40.5 Å². The standard InChI is InChI=1S/C25H17ClF5N3O2/c1-14-18-12-16(26)7-8-20(18)34(11-10-24(14,27)28)23(36)15-6-9-21(32-13-15)33-22(35)17-4-2-3-5-19(17)25(29,30)31/h2-9,12-13H,1,10-11H2,(H,32,33,35). The number of pyridine rings is 1. The molecule has 2 aromatic carbocycles. The molecule has 0 spiro atoms. The molecule has 0 radical (unpaired) electrons. The van der Waals surface area contributed by atoms with E-state index in [1.807, 2.05) is 0 Å². The molecule has 2 amide bonds. The van der Waals surface area contributed by atoms with Gasteiger partial charge in [0.1, 0.15) is 5.82 Å². The van der Waals surface area contributed by atoms with Crippen LogP contribution in [0.4, 0.5) is 33.5 Å². The van der Waals surface area contributed by atoms with Gasteiger partial charge in [0.25, 0.3) is 17.7 Å². The summed E-state index contributed by atoms with van der Waals surface area (Å²) in [4.78, 5) is 30.7. The number of nitrogens with one attached hydrogen (secondary N) is 1. The Hall–Kier alpha value is -3.79. The van der Waals surface area contributed by atoms with Crippen LogP contribution in [0.3, 0.4) is 0 Å². The summed E-state index contributed by atoms with van der Waals surface area (Å²) in [5.74, 6) is -5.03. The van der Waals surface area contributed by atoms with Crippen LogP contribution in [0, 0.1) is 0 Å². The van der Waals surface area contributed by atoms with Gasteiger partial charge < -0.3 is 10.2 Å². The second-order valence-corrected chi connectivity index (χ2v) is 8.42. The summed E-state index contributed by atoms with van der Waals surface area (Å²) in [6, 6.07) is 11.0. The van der Waals surface area contributed by atoms with E-state index in [2.05, 4.69) is 16.9 Å². The van der Waals surface area contributed by atoms with Gasteiger partial charge in [-0.25, -0.2) is 13.8 Å². The summed E-state index contributed by atoms with van der Waals surface area (Å²) in [7, 11) is 0. The fraction of sp³-hybridized carbons (Fsp3) is 0.160. The third-order valence-electron chi connectivity index (χ3n) is 5.64. The minimum Gasteiger partial charge on any atom is -0.307 e. The van der Waals surface area contributed by atoms with Crippen molar-refractivity contribution in [2.75, 3.05) is 16.8 Å². The maximum Gasteiger partial charge on any atom is 0.417 e. The molecule has 1 aliphatic heterocycles. The summed E-state index contributed by atoms with van der Waals surface area (Å²) in [6.45, 7) is 3.18. The molecule has 11 heteroatoms. The summed E-state index contributed by atoms with van der Waals surface area (Å²) >= 11 is 5.97. The number of allylic oxidation sites excluding steroid dienone is 1. The van der Waals surface area contributed by atoms with Crippen LogP contribution in [0.1, 0.15) is 38.3 Å². The predicted molar refractivity (Wildman–Crippen MR) is 125 cm³/mol. The lowest BCUT2D eigenvalue weighted by atomic mass is 9.99. The number of hydrogen-bond acceptors (Lipinski definition) is 3. The molecule has 1 N–H and O–H groups in total. The number of carbonyl (C=O) groups is 2. The molecule has 0 saturated heterocycles. The Balaban J connectivity index is 1.58. The maximum absolute atomic E-state index is 14.5. The van der Waals surface area contributed by atoms with Crippen molar-refractivity contribution in [3.63, 3.8) is 0 Å². The maximum atomic E-state index is 14.5. The first-order valence-electron chi connectivity index (χ1n) is 10.5. The number of carbonyl (C=O) groups excluding carboxylic acids is 2. The zero-order valence-electron chi connectivity index (χ0n) is 18.4. The van der Waals surface area contributed by atoms with Gasteiger partial charge in [0.05, 0.1) is 22.4 Å². The molecule has 3 aromatic rings. The summed E-state index contributed by atoms with van der Waals surface area (Å²) in [6.07, 6.45) is -4.29. The van der Waals surface area contributed by atoms with Crippen molar-refractivity contribution in [1.82, 2.24) is 4.98 Å². The van der Waals surface area contributed by atoms with Gasteiger partial charge in [-0.15, -0.1) is 0 Å². The number of aromatic nitrogens is 1. The molecule has 1 aliphatic rings. The highest BCUT2D eigenvalue weighted by Gasteiger charge is 2.40. The first kappa shape index (κ1) is 25.3. The highest BCUT2D eigenvalue weighted by atomic mass is 35.5. The van der Waals surface area contributed by atoms with Crippen LogP contribution in [0.2, 0.25) is 5.02 Å². The summed E-state index contributed by atoms with van der Waals surface area (Å²) in [5.41, 5.74) is -1.89. The number of alkyl halides is 5. The molecule has 4 rings (SSSR count). The highest BCUT2D eigenvalue weighted by molar-refractivity contribution is 6.31. The van der Waals surface area contributed by atoms with Crippen LogP contribution in [-0.4, -0.2) is 29.3 Å². The number of nitrogens with zero attached hydrogens (tertiary/aromatic N) is 2. The van der Waals surface area contributed by atoms with Crippen molar-refractivity contribution in [2.45, 2.75) is 18.5 Å². The van der Waals surface area contributed by atoms with Crippen LogP contribution in [0.15, 0.2) is 67.4 Å². The molecule has 0 bridgehead atoms. The fourth-order valence-electron chi connectivity index (χ4n) is 3.78. The first-order chi connectivity index (χ1) is 16.9. The Bertz CT molecular complexity index is 1360. The van der Waals surface area contributed by atoms with Gasteiger partial charge in [0, 0.05) is 35.3 Å². The van der Waals surface area contributed by atoms with Crippen molar-refractivity contribution in [3.05, 3.63) is 94.6 Å². The minimum atomic E-state index is -4.73. The molecule has 0 saturated carbocycles. The van der Waals surface area contributed by atoms with Gasteiger partial charge in [-0.3, -0.25) is 9.59 Å². The lowest BCUT2D eigenvalue weighted by molar-refractivity contribution is -0.137. The molecule has 2 heterocycles. The molecular formula is C25H17ClF5N3O2. The predicted octanol–water partition coefficient (Wildman–Crippen LogP) is 6.71. The van der Waals surface area contributed by atoms with Gasteiger partial charge in [-0.05, 0) is 42.5 Å². The van der Waals surface area contributed by atoms with Gasteiger partial charge in [0.15, 0.2) is 0 Å². The van der Waals surface area contributed by atoms with Crippen molar-refractivity contribution < 1.29 is 31.5 Å². The monoisotopic (exact) mass is 521 g/mol. The lowest BCUT2D eigenvalue weighted by Crippen LogP contribution is -2.33. The van der Waals surface area contributed by atoms with Crippen molar-refractivity contribution in [1.29, 1.82) is 0 Å². The average Bonchev–Trinajstić information content (AvgIpc) is 2.93. The molecule has 0 fully saturated rings. The van der Waals surface area contributed by atoms with Gasteiger partial charge in [0.2, 0.25) is 0 Å². The van der Waals surface area contributed by atoms with Gasteiger partial charge in [-0.2, -0.15) is 13.2 Å². The molecular weight excluding hydrogens is 505 g/mol. The highest BCUT2D eigenvalue weighted by Crippen LogP contribution is 2.43. The summed E-state index contributed by atoms with van der Waals surface area (Å²) < 4.78 is 68.6. The molecule has 186 valence electrons. The first-order valence-corrected chi connectivity index (χ1v) is 10.9. The Labute approximate surface area is 207 Å². The molecule has 0 atom stereocenters. The smallest absolute Gasteiger partial charge is 0.307 e. The number of fused-ring (bicyclic) bond motifs is 1. The zero-order valence-corrected chi connectivity index (χ0v) is 19.1. The topological polar surface area (TPSA) is 62.3 Å². The number of halogens is 6. The van der Waals surface area contributed by atoms with Crippen LogP contribution in [0.5, 0.6) is 0 Å². The van der Waals surface area contributed by atoms with E-state index in [0.717, 1.165) is 23.2 Å². The SMILES string of the molecule is C=C1c2cc(Cl)ccc2N(C(=O)c2ccc(NC(=O)c3ccccc3C(F)(F)F)nc2)CCC1(F)F. The third-order valence-corrected chi connectivity index (χ3v) is 5.87. The number of benzene rings is 2. The minimum absolute atomic E-state index is 0.0143. The Morgan fingerprint density at radius 3 is 2.47 bits per heavy atom. The molecule has 0 aliphatic carbocycles. The Morgan fingerprint density at radius 2 is 1.81 bits per heavy atom. The molecule has 36 heavy (non-hydrogen) atoms. The van der Waals surface area contributed by atoms with Crippen LogP contribution < -0.4 is 10.2 Å². The van der Waals surface area contributed by atoms with Crippen LogP contribution >= 0.6 is 11.6 Å². The molecule has 0 unspecified atom stereocenters. The van der Waals surface area contributed by atoms with Crippen molar-refractivity contribution in [3.8, 4) is 0 Å². The normalized spacial score (nSPS) is 15.2.